The average Bonchev–Trinajstić information content (AvgIpc) is 2.58. The molecule has 2 amide bonds. The van der Waals surface area contributed by atoms with Gasteiger partial charge in [0.25, 0.3) is 0 Å². The maximum absolute atomic E-state index is 11.7. The van der Waals surface area contributed by atoms with Crippen LogP contribution in [0.4, 0.5) is 10.5 Å². The van der Waals surface area contributed by atoms with Gasteiger partial charge in [-0.25, -0.2) is 9.59 Å². The molecule has 1 aromatic heterocycles. The number of amides is 2. The number of anilines is 1. The number of hydrogen-bond donors (Lipinski definition) is 3. The molecule has 0 aliphatic rings. The lowest BCUT2D eigenvalue weighted by Gasteiger charge is -2.27. The molecular formula is C11H18N4O3. The number of rotatable bonds is 3. The Bertz CT molecular complexity index is 447. The zero-order chi connectivity index (χ0) is 13.9. The van der Waals surface area contributed by atoms with Crippen LogP contribution in [0.3, 0.4) is 0 Å². The van der Waals surface area contributed by atoms with Gasteiger partial charge in [0, 0.05) is 13.2 Å². The number of carbonyl (C=O) groups excluding carboxylic acids is 1. The third kappa shape index (κ3) is 3.76. The van der Waals surface area contributed by atoms with Crippen LogP contribution in [-0.4, -0.2) is 32.9 Å². The Morgan fingerprint density at radius 3 is 2.44 bits per heavy atom. The molecule has 3 N–H and O–H groups in total. The zero-order valence-corrected chi connectivity index (χ0v) is 10.9. The van der Waals surface area contributed by atoms with Gasteiger partial charge < -0.3 is 15.7 Å². The second-order valence-electron chi connectivity index (χ2n) is 5.14. The van der Waals surface area contributed by atoms with E-state index in [0.717, 1.165) is 0 Å². The van der Waals surface area contributed by atoms with Crippen LogP contribution < -0.4 is 10.6 Å². The van der Waals surface area contributed by atoms with Gasteiger partial charge in [-0.15, -0.1) is 0 Å². The fraction of sp³-hybridized carbons (Fsp3) is 0.545. The van der Waals surface area contributed by atoms with Crippen molar-refractivity contribution in [2.75, 3.05) is 5.32 Å². The van der Waals surface area contributed by atoms with Crippen molar-refractivity contribution in [2.24, 2.45) is 12.5 Å². The fourth-order valence-corrected chi connectivity index (χ4v) is 1.43. The van der Waals surface area contributed by atoms with Gasteiger partial charge >= 0.3 is 12.0 Å². The second-order valence-corrected chi connectivity index (χ2v) is 5.14. The number of hydrogen-bond acceptors (Lipinski definition) is 3. The number of carboxylic acids is 1. The molecule has 1 rings (SSSR count). The van der Waals surface area contributed by atoms with Crippen molar-refractivity contribution in [3.8, 4) is 0 Å². The predicted octanol–water partition coefficient (Wildman–Crippen LogP) is 1.04. The first kappa shape index (κ1) is 14.0. The van der Waals surface area contributed by atoms with Crippen LogP contribution in [0.5, 0.6) is 0 Å². The molecule has 100 valence electrons. The molecule has 0 spiro atoms. The van der Waals surface area contributed by atoms with Crippen molar-refractivity contribution in [1.29, 1.82) is 0 Å². The summed E-state index contributed by atoms with van der Waals surface area (Å²) in [7, 11) is 1.72. The Morgan fingerprint density at radius 1 is 1.44 bits per heavy atom. The quantitative estimate of drug-likeness (QED) is 0.751. The van der Waals surface area contributed by atoms with Gasteiger partial charge in [0.1, 0.15) is 6.04 Å². The summed E-state index contributed by atoms with van der Waals surface area (Å²) < 4.78 is 1.54. The van der Waals surface area contributed by atoms with E-state index in [1.807, 2.05) is 0 Å². The van der Waals surface area contributed by atoms with Crippen molar-refractivity contribution in [3.05, 3.63) is 12.4 Å². The lowest BCUT2D eigenvalue weighted by molar-refractivity contribution is -0.141. The molecule has 1 heterocycles. The highest BCUT2D eigenvalue weighted by molar-refractivity contribution is 5.92. The van der Waals surface area contributed by atoms with E-state index < -0.39 is 23.5 Å². The average molecular weight is 254 g/mol. The SMILES string of the molecule is Cn1cc(NC(=O)N[C@@H](C(=O)O)C(C)(C)C)cn1. The molecule has 1 atom stereocenters. The Balaban J connectivity index is 2.65. The fourth-order valence-electron chi connectivity index (χ4n) is 1.43. The van der Waals surface area contributed by atoms with Gasteiger partial charge in [-0.1, -0.05) is 20.8 Å². The number of aliphatic carboxylic acids is 1. The van der Waals surface area contributed by atoms with Crippen molar-refractivity contribution >= 4 is 17.7 Å². The molecule has 0 unspecified atom stereocenters. The molecule has 0 aliphatic carbocycles. The summed E-state index contributed by atoms with van der Waals surface area (Å²) in [6.45, 7) is 5.24. The largest absolute Gasteiger partial charge is 0.480 e. The summed E-state index contributed by atoms with van der Waals surface area (Å²) >= 11 is 0. The van der Waals surface area contributed by atoms with Crippen molar-refractivity contribution in [3.63, 3.8) is 0 Å². The third-order valence-electron chi connectivity index (χ3n) is 2.35. The molecule has 0 saturated heterocycles. The van der Waals surface area contributed by atoms with Crippen LogP contribution in [0.1, 0.15) is 20.8 Å². The van der Waals surface area contributed by atoms with E-state index in [1.54, 1.807) is 34.0 Å². The molecule has 0 bridgehead atoms. The number of urea groups is 1. The van der Waals surface area contributed by atoms with E-state index >= 15 is 0 Å². The first-order valence-corrected chi connectivity index (χ1v) is 5.49. The van der Waals surface area contributed by atoms with Gasteiger partial charge in [-0.2, -0.15) is 5.10 Å². The summed E-state index contributed by atoms with van der Waals surface area (Å²) in [6.07, 6.45) is 3.10. The topological polar surface area (TPSA) is 96.2 Å². The normalized spacial score (nSPS) is 12.9. The number of aromatic nitrogens is 2. The van der Waals surface area contributed by atoms with Gasteiger partial charge in [0.05, 0.1) is 11.9 Å². The molecule has 1 aromatic rings. The molecule has 7 heteroatoms. The number of aryl methyl sites for hydroxylation is 1. The second kappa shape index (κ2) is 5.07. The summed E-state index contributed by atoms with van der Waals surface area (Å²) in [5.41, 5.74) is -0.0639. The lowest BCUT2D eigenvalue weighted by atomic mass is 9.87. The summed E-state index contributed by atoms with van der Waals surface area (Å²) in [6, 6.07) is -1.53. The summed E-state index contributed by atoms with van der Waals surface area (Å²) in [5, 5.41) is 17.9. The summed E-state index contributed by atoms with van der Waals surface area (Å²) in [5.74, 6) is -1.07. The molecule has 0 fully saturated rings. The van der Waals surface area contributed by atoms with E-state index in [4.69, 9.17) is 5.11 Å². The van der Waals surface area contributed by atoms with Crippen LogP contribution in [-0.2, 0) is 11.8 Å². The minimum Gasteiger partial charge on any atom is -0.480 e. The van der Waals surface area contributed by atoms with Crippen LogP contribution in [0.25, 0.3) is 0 Å². The number of nitrogens with zero attached hydrogens (tertiary/aromatic N) is 2. The monoisotopic (exact) mass is 254 g/mol. The Kier molecular flexibility index (Phi) is 3.95. The van der Waals surface area contributed by atoms with E-state index in [0.29, 0.717) is 5.69 Å². The van der Waals surface area contributed by atoms with Gasteiger partial charge in [0.15, 0.2) is 0 Å². The maximum Gasteiger partial charge on any atom is 0.326 e. The van der Waals surface area contributed by atoms with E-state index in [9.17, 15) is 9.59 Å². The highest BCUT2D eigenvalue weighted by atomic mass is 16.4. The van der Waals surface area contributed by atoms with Crippen molar-refractivity contribution in [1.82, 2.24) is 15.1 Å². The lowest BCUT2D eigenvalue weighted by Crippen LogP contribution is -2.50. The first-order valence-electron chi connectivity index (χ1n) is 5.49. The summed E-state index contributed by atoms with van der Waals surface area (Å²) in [4.78, 5) is 22.7. The van der Waals surface area contributed by atoms with Crippen LogP contribution in [0, 0.1) is 5.41 Å². The predicted molar refractivity (Wildman–Crippen MR) is 66.2 cm³/mol. The minimum absolute atomic E-state index is 0.507. The molecule has 7 nitrogen and oxygen atoms in total. The maximum atomic E-state index is 11.7. The molecule has 18 heavy (non-hydrogen) atoms. The molecule has 0 aliphatic heterocycles. The minimum atomic E-state index is -1.07. The molecule has 0 aromatic carbocycles. The zero-order valence-electron chi connectivity index (χ0n) is 10.9. The van der Waals surface area contributed by atoms with Gasteiger partial charge in [-0.05, 0) is 5.41 Å². The molecule has 0 radical (unpaired) electrons. The van der Waals surface area contributed by atoms with Crippen LogP contribution in [0.15, 0.2) is 12.4 Å². The number of carbonyl (C=O) groups is 2. The van der Waals surface area contributed by atoms with Gasteiger partial charge in [0.2, 0.25) is 0 Å². The van der Waals surface area contributed by atoms with Crippen molar-refractivity contribution in [2.45, 2.75) is 26.8 Å². The van der Waals surface area contributed by atoms with E-state index in [2.05, 4.69) is 15.7 Å². The van der Waals surface area contributed by atoms with E-state index in [-0.39, 0.29) is 0 Å². The van der Waals surface area contributed by atoms with Crippen molar-refractivity contribution < 1.29 is 14.7 Å². The smallest absolute Gasteiger partial charge is 0.326 e. The van der Waals surface area contributed by atoms with E-state index in [1.165, 1.54) is 10.9 Å². The van der Waals surface area contributed by atoms with Gasteiger partial charge in [-0.3, -0.25) is 4.68 Å². The highest BCUT2D eigenvalue weighted by Gasteiger charge is 2.32. The first-order chi connectivity index (χ1) is 8.20. The highest BCUT2D eigenvalue weighted by Crippen LogP contribution is 2.19. The molecular weight excluding hydrogens is 236 g/mol. The van der Waals surface area contributed by atoms with Crippen LogP contribution >= 0.6 is 0 Å². The third-order valence-corrected chi connectivity index (χ3v) is 2.35. The standard InChI is InChI=1S/C11H18N4O3/c1-11(2,3)8(9(16)17)14-10(18)13-7-5-12-15(4)6-7/h5-6,8H,1-4H3,(H,16,17)(H2,13,14,18)/t8-/m0/s1. The van der Waals surface area contributed by atoms with Crippen LogP contribution in [0.2, 0.25) is 0 Å². The molecule has 0 saturated carbocycles. The number of carboxylic acid groups (broad SMARTS) is 1. The Hall–Kier alpha value is -2.05. The number of nitrogens with one attached hydrogen (secondary N) is 2. The Morgan fingerprint density at radius 2 is 2.06 bits per heavy atom. The Labute approximate surface area is 105 Å².